The van der Waals surface area contributed by atoms with Crippen LogP contribution in [0.3, 0.4) is 0 Å². The van der Waals surface area contributed by atoms with Crippen LogP contribution >= 0.6 is 22.9 Å². The summed E-state index contributed by atoms with van der Waals surface area (Å²) in [7, 11) is 0. The van der Waals surface area contributed by atoms with Gasteiger partial charge in [0, 0.05) is 4.70 Å². The quantitative estimate of drug-likeness (QED) is 0.749. The minimum absolute atomic E-state index is 0.176. The summed E-state index contributed by atoms with van der Waals surface area (Å²) in [6.07, 6.45) is 0. The van der Waals surface area contributed by atoms with Gasteiger partial charge in [0.05, 0.1) is 16.6 Å². The van der Waals surface area contributed by atoms with Gasteiger partial charge >= 0.3 is 0 Å². The molecule has 0 saturated heterocycles. The van der Waals surface area contributed by atoms with Crippen LogP contribution in [-0.4, -0.2) is 16.1 Å². The fraction of sp³-hybridized carbons (Fsp3) is 0.375. The lowest BCUT2D eigenvalue weighted by molar-refractivity contribution is 0.630. The fourth-order valence-corrected chi connectivity index (χ4v) is 4.44. The fourth-order valence-electron chi connectivity index (χ4n) is 2.60. The van der Waals surface area contributed by atoms with Gasteiger partial charge in [-0.15, -0.1) is 16.4 Å². The van der Waals surface area contributed by atoms with E-state index in [1.54, 1.807) is 11.3 Å². The first-order valence-corrected chi connectivity index (χ1v) is 8.89. The normalized spacial score (nSPS) is 13.1. The Bertz CT molecular complexity index is 730. The number of hydrogen-bond acceptors (Lipinski definition) is 5. The molecule has 2 heterocycles. The second-order valence-corrected chi connectivity index (χ2v) is 7.06. The van der Waals surface area contributed by atoms with Crippen molar-refractivity contribution in [2.75, 3.05) is 6.54 Å². The summed E-state index contributed by atoms with van der Waals surface area (Å²) in [4.78, 5) is 1.24. The number of rotatable bonds is 5. The average molecular weight is 317 g/mol. The maximum atomic E-state index is 4.34. The van der Waals surface area contributed by atoms with E-state index >= 15 is 0 Å². The van der Waals surface area contributed by atoms with E-state index in [2.05, 4.69) is 65.3 Å². The highest BCUT2D eigenvalue weighted by Gasteiger charge is 2.23. The van der Waals surface area contributed by atoms with Gasteiger partial charge in [-0.05, 0) is 46.4 Å². The second kappa shape index (κ2) is 6.22. The Hall–Kier alpha value is -1.30. The zero-order chi connectivity index (χ0) is 14.8. The summed E-state index contributed by atoms with van der Waals surface area (Å²) < 4.78 is 5.55. The Morgan fingerprint density at radius 2 is 2.10 bits per heavy atom. The molecule has 3 aromatic rings. The largest absolute Gasteiger partial charge is 0.306 e. The van der Waals surface area contributed by atoms with Crippen LogP contribution < -0.4 is 5.32 Å². The van der Waals surface area contributed by atoms with Crippen molar-refractivity contribution < 1.29 is 0 Å². The zero-order valence-electron chi connectivity index (χ0n) is 12.5. The predicted octanol–water partition coefficient (Wildman–Crippen LogP) is 4.58. The number of hydrogen-bond donors (Lipinski definition) is 1. The van der Waals surface area contributed by atoms with Crippen LogP contribution in [0.25, 0.3) is 10.1 Å². The van der Waals surface area contributed by atoms with Gasteiger partial charge in [0.1, 0.15) is 0 Å². The Kier molecular flexibility index (Phi) is 4.33. The van der Waals surface area contributed by atoms with Crippen molar-refractivity contribution in [1.82, 2.24) is 14.9 Å². The third-order valence-electron chi connectivity index (χ3n) is 3.58. The van der Waals surface area contributed by atoms with E-state index in [9.17, 15) is 0 Å². The summed E-state index contributed by atoms with van der Waals surface area (Å²) in [5.41, 5.74) is 2.44. The highest BCUT2D eigenvalue weighted by atomic mass is 32.1. The number of aromatic nitrogens is 2. The molecule has 0 bridgehead atoms. The van der Waals surface area contributed by atoms with Crippen molar-refractivity contribution in [3.63, 3.8) is 0 Å². The van der Waals surface area contributed by atoms with E-state index < -0.39 is 0 Å². The maximum absolute atomic E-state index is 4.34. The first kappa shape index (κ1) is 14.6. The maximum Gasteiger partial charge on any atom is 0.0832 e. The van der Waals surface area contributed by atoms with Crippen LogP contribution in [-0.2, 0) is 0 Å². The monoisotopic (exact) mass is 317 g/mol. The van der Waals surface area contributed by atoms with Gasteiger partial charge in [0.25, 0.3) is 0 Å². The molecular weight excluding hydrogens is 298 g/mol. The van der Waals surface area contributed by atoms with E-state index in [1.165, 1.54) is 32.1 Å². The predicted molar refractivity (Wildman–Crippen MR) is 91.3 cm³/mol. The minimum Gasteiger partial charge on any atom is -0.306 e. The number of nitrogens with one attached hydrogen (secondary N) is 1. The van der Waals surface area contributed by atoms with Crippen LogP contribution in [0.2, 0.25) is 0 Å². The Labute approximate surface area is 133 Å². The highest BCUT2D eigenvalue weighted by molar-refractivity contribution is 7.17. The summed E-state index contributed by atoms with van der Waals surface area (Å²) in [5.74, 6) is 0.391. The van der Waals surface area contributed by atoms with Crippen LogP contribution in [0, 0.1) is 0 Å². The average Bonchev–Trinajstić information content (AvgIpc) is 3.12. The summed E-state index contributed by atoms with van der Waals surface area (Å²) in [6, 6.07) is 8.89. The summed E-state index contributed by atoms with van der Waals surface area (Å²) in [5, 5.41) is 11.4. The minimum atomic E-state index is 0.176. The van der Waals surface area contributed by atoms with Crippen molar-refractivity contribution in [2.24, 2.45) is 0 Å². The third kappa shape index (κ3) is 2.73. The standard InChI is InChI=1S/C16H19N3S2/c1-4-17-14(16-13(10(2)3)18-19-21-16)12-7-5-6-11-8-9-20-15(11)12/h5-10,14,17H,4H2,1-3H3. The number of nitrogens with zero attached hydrogens (tertiary/aromatic N) is 2. The van der Waals surface area contributed by atoms with E-state index in [0.717, 1.165) is 12.2 Å². The van der Waals surface area contributed by atoms with Gasteiger partial charge in [0.15, 0.2) is 0 Å². The molecule has 5 heteroatoms. The van der Waals surface area contributed by atoms with Crippen molar-refractivity contribution >= 4 is 33.0 Å². The molecule has 0 radical (unpaired) electrons. The molecule has 0 fully saturated rings. The molecule has 1 aromatic carbocycles. The first-order chi connectivity index (χ1) is 10.2. The summed E-state index contributed by atoms with van der Waals surface area (Å²) >= 11 is 3.32. The lowest BCUT2D eigenvalue weighted by atomic mass is 9.99. The topological polar surface area (TPSA) is 37.8 Å². The van der Waals surface area contributed by atoms with Gasteiger partial charge in [0.2, 0.25) is 0 Å². The van der Waals surface area contributed by atoms with Crippen molar-refractivity contribution in [2.45, 2.75) is 32.7 Å². The lowest BCUT2D eigenvalue weighted by Crippen LogP contribution is -2.22. The van der Waals surface area contributed by atoms with Gasteiger partial charge in [-0.2, -0.15) is 0 Å². The van der Waals surface area contributed by atoms with Crippen molar-refractivity contribution in [3.05, 3.63) is 45.8 Å². The molecule has 2 aromatic heterocycles. The highest BCUT2D eigenvalue weighted by Crippen LogP contribution is 2.36. The van der Waals surface area contributed by atoms with Crippen molar-refractivity contribution in [3.8, 4) is 0 Å². The number of fused-ring (bicyclic) bond motifs is 1. The van der Waals surface area contributed by atoms with E-state index in [1.807, 2.05) is 0 Å². The molecule has 21 heavy (non-hydrogen) atoms. The van der Waals surface area contributed by atoms with Gasteiger partial charge in [-0.3, -0.25) is 0 Å². The van der Waals surface area contributed by atoms with E-state index in [0.29, 0.717) is 5.92 Å². The number of benzene rings is 1. The second-order valence-electron chi connectivity index (χ2n) is 5.35. The van der Waals surface area contributed by atoms with Gasteiger partial charge < -0.3 is 5.32 Å². The molecule has 0 amide bonds. The molecule has 3 rings (SSSR count). The van der Waals surface area contributed by atoms with Crippen LogP contribution in [0.5, 0.6) is 0 Å². The van der Waals surface area contributed by atoms with Crippen LogP contribution in [0.4, 0.5) is 0 Å². The Morgan fingerprint density at radius 1 is 1.24 bits per heavy atom. The van der Waals surface area contributed by atoms with Crippen LogP contribution in [0.1, 0.15) is 48.9 Å². The molecule has 1 unspecified atom stereocenters. The molecule has 0 aliphatic heterocycles. The molecule has 0 saturated carbocycles. The number of thiophene rings is 1. The molecule has 110 valence electrons. The molecule has 3 nitrogen and oxygen atoms in total. The Morgan fingerprint density at radius 3 is 2.86 bits per heavy atom. The zero-order valence-corrected chi connectivity index (χ0v) is 14.1. The molecular formula is C16H19N3S2. The lowest BCUT2D eigenvalue weighted by Gasteiger charge is -2.19. The smallest absolute Gasteiger partial charge is 0.0832 e. The van der Waals surface area contributed by atoms with E-state index in [4.69, 9.17) is 0 Å². The molecule has 0 aliphatic rings. The third-order valence-corrected chi connectivity index (χ3v) is 5.36. The molecule has 0 spiro atoms. The van der Waals surface area contributed by atoms with E-state index in [-0.39, 0.29) is 6.04 Å². The van der Waals surface area contributed by atoms with Crippen molar-refractivity contribution in [1.29, 1.82) is 0 Å². The van der Waals surface area contributed by atoms with Crippen LogP contribution in [0.15, 0.2) is 29.6 Å². The molecule has 1 atom stereocenters. The first-order valence-electron chi connectivity index (χ1n) is 7.24. The van der Waals surface area contributed by atoms with Gasteiger partial charge in [-0.1, -0.05) is 43.5 Å². The SMILES string of the molecule is CCNC(c1snnc1C(C)C)c1cccc2ccsc12. The molecule has 0 aliphatic carbocycles. The Balaban J connectivity index is 2.13. The summed E-state index contributed by atoms with van der Waals surface area (Å²) in [6.45, 7) is 7.41. The molecule has 1 N–H and O–H groups in total. The van der Waals surface area contributed by atoms with Gasteiger partial charge in [-0.25, -0.2) is 0 Å².